The van der Waals surface area contributed by atoms with Crippen LogP contribution in [0.1, 0.15) is 40.2 Å². The van der Waals surface area contributed by atoms with Gasteiger partial charge >= 0.3 is 0 Å². The van der Waals surface area contributed by atoms with E-state index in [1.165, 1.54) is 6.07 Å². The lowest BCUT2D eigenvalue weighted by molar-refractivity contribution is 0.0952. The third kappa shape index (κ3) is 3.91. The molecule has 1 saturated heterocycles. The second kappa shape index (κ2) is 7.53. The molecule has 0 spiro atoms. The number of hydrazone groups is 1. The number of phenolic OH excluding ortho intramolecular Hbond substituents is 1. The van der Waals surface area contributed by atoms with Gasteiger partial charge in [0.1, 0.15) is 5.75 Å². The van der Waals surface area contributed by atoms with Gasteiger partial charge in [-0.3, -0.25) is 4.79 Å². The van der Waals surface area contributed by atoms with Crippen LogP contribution in [0.25, 0.3) is 0 Å². The summed E-state index contributed by atoms with van der Waals surface area (Å²) in [6, 6.07) is 8.42. The number of benzene rings is 1. The van der Waals surface area contributed by atoms with Gasteiger partial charge in [0.25, 0.3) is 5.91 Å². The summed E-state index contributed by atoms with van der Waals surface area (Å²) < 4.78 is 7.94. The number of rotatable bonds is 5. The lowest BCUT2D eigenvalue weighted by atomic mass is 10.2. The van der Waals surface area contributed by atoms with Gasteiger partial charge in [-0.2, -0.15) is 5.10 Å². The van der Waals surface area contributed by atoms with Crippen molar-refractivity contribution in [3.63, 3.8) is 0 Å². The number of nitrogens with one attached hydrogen (secondary N) is 1. The first kappa shape index (κ1) is 17.2. The molecule has 1 aromatic heterocycles. The molecule has 6 nitrogen and oxygen atoms in total. The molecule has 0 aliphatic carbocycles. The third-order valence-corrected chi connectivity index (χ3v) is 4.54. The number of carbonyl (C=O) groups excluding carboxylic acids is 1. The minimum absolute atomic E-state index is 0.0649. The first-order valence-electron chi connectivity index (χ1n) is 8.46. The van der Waals surface area contributed by atoms with Gasteiger partial charge in [0.2, 0.25) is 0 Å². The third-order valence-electron chi connectivity index (χ3n) is 4.54. The van der Waals surface area contributed by atoms with Crippen molar-refractivity contribution in [1.82, 2.24) is 9.99 Å². The molecule has 0 unspecified atom stereocenters. The van der Waals surface area contributed by atoms with Crippen LogP contribution >= 0.6 is 0 Å². The van der Waals surface area contributed by atoms with E-state index in [2.05, 4.69) is 22.0 Å². The number of hydrogen-bond donors (Lipinski definition) is 2. The molecule has 0 radical (unpaired) electrons. The van der Waals surface area contributed by atoms with Gasteiger partial charge in [0.15, 0.2) is 0 Å². The average molecular weight is 341 g/mol. The van der Waals surface area contributed by atoms with Crippen molar-refractivity contribution in [2.45, 2.75) is 39.3 Å². The Kier molecular flexibility index (Phi) is 5.19. The number of hydrogen-bond acceptors (Lipinski definition) is 4. The lowest BCUT2D eigenvalue weighted by Gasteiger charge is -2.14. The Bertz CT molecular complexity index is 789. The summed E-state index contributed by atoms with van der Waals surface area (Å²) in [6.07, 6.45) is 4.12. The first-order valence-corrected chi connectivity index (χ1v) is 8.46. The highest BCUT2D eigenvalue weighted by atomic mass is 16.5. The molecule has 25 heavy (non-hydrogen) atoms. The Morgan fingerprint density at radius 2 is 2.24 bits per heavy atom. The smallest absolute Gasteiger partial charge is 0.275 e. The second-order valence-corrected chi connectivity index (χ2v) is 6.29. The molecule has 2 N–H and O–H groups in total. The first-order chi connectivity index (χ1) is 12.1. The van der Waals surface area contributed by atoms with Crippen molar-refractivity contribution >= 4 is 12.1 Å². The quantitative estimate of drug-likeness (QED) is 0.648. The molecule has 3 rings (SSSR count). The monoisotopic (exact) mass is 341 g/mol. The van der Waals surface area contributed by atoms with E-state index in [0.29, 0.717) is 0 Å². The minimum atomic E-state index is -0.442. The van der Waals surface area contributed by atoms with Crippen LogP contribution < -0.4 is 5.43 Å². The van der Waals surface area contributed by atoms with Gasteiger partial charge in [0, 0.05) is 30.1 Å². The molecule has 2 heterocycles. The van der Waals surface area contributed by atoms with Gasteiger partial charge in [-0.15, -0.1) is 0 Å². The summed E-state index contributed by atoms with van der Waals surface area (Å²) >= 11 is 0. The zero-order chi connectivity index (χ0) is 17.8. The summed E-state index contributed by atoms with van der Waals surface area (Å²) in [4.78, 5) is 12.0. The van der Waals surface area contributed by atoms with E-state index in [1.807, 2.05) is 13.0 Å². The number of carbonyl (C=O) groups is 1. The highest BCUT2D eigenvalue weighted by molar-refractivity contribution is 5.97. The molecule has 1 atom stereocenters. The van der Waals surface area contributed by atoms with Crippen LogP contribution in [0.2, 0.25) is 0 Å². The summed E-state index contributed by atoms with van der Waals surface area (Å²) in [5.41, 5.74) is 5.84. The zero-order valence-electron chi connectivity index (χ0n) is 14.5. The Morgan fingerprint density at radius 1 is 1.44 bits per heavy atom. The van der Waals surface area contributed by atoms with Crippen LogP contribution in [0.4, 0.5) is 0 Å². The maximum atomic E-state index is 12.0. The van der Waals surface area contributed by atoms with Crippen LogP contribution in [-0.4, -0.2) is 34.5 Å². The zero-order valence-corrected chi connectivity index (χ0v) is 14.5. The van der Waals surface area contributed by atoms with Gasteiger partial charge in [0.05, 0.1) is 17.9 Å². The Labute approximate surface area is 147 Å². The van der Waals surface area contributed by atoms with Gasteiger partial charge < -0.3 is 14.4 Å². The number of amides is 1. The molecular weight excluding hydrogens is 318 g/mol. The topological polar surface area (TPSA) is 75.9 Å². The maximum Gasteiger partial charge on any atom is 0.275 e. The van der Waals surface area contributed by atoms with E-state index >= 15 is 0 Å². The number of aromatic nitrogens is 1. The molecule has 1 aliphatic rings. The summed E-state index contributed by atoms with van der Waals surface area (Å²) in [5, 5.41) is 13.7. The van der Waals surface area contributed by atoms with Crippen LogP contribution in [0, 0.1) is 13.8 Å². The molecule has 1 fully saturated rings. The van der Waals surface area contributed by atoms with E-state index in [9.17, 15) is 9.90 Å². The molecule has 1 aromatic carbocycles. The standard InChI is InChI=1S/C19H23N3O3/c1-13-10-15(14(2)22(13)12-16-6-5-9-25-16)11-20-21-19(24)17-7-3-4-8-18(17)23/h3-4,7-8,10-11,16,23H,5-6,9,12H2,1-2H3,(H,21,24)/b20-11-/t16-/m1/s1. The van der Waals surface area contributed by atoms with Gasteiger partial charge in [-0.1, -0.05) is 12.1 Å². The van der Waals surface area contributed by atoms with E-state index in [-0.39, 0.29) is 17.4 Å². The van der Waals surface area contributed by atoms with Crippen molar-refractivity contribution < 1.29 is 14.6 Å². The van der Waals surface area contributed by atoms with Crippen LogP contribution in [-0.2, 0) is 11.3 Å². The number of para-hydroxylation sites is 1. The fraction of sp³-hybridized carbons (Fsp3) is 0.368. The van der Waals surface area contributed by atoms with Crippen molar-refractivity contribution in [1.29, 1.82) is 0 Å². The summed E-state index contributed by atoms with van der Waals surface area (Å²) in [7, 11) is 0. The molecule has 2 aromatic rings. The SMILES string of the molecule is Cc1cc(/C=N\NC(=O)c2ccccc2O)c(C)n1C[C@H]1CCCO1. The Hall–Kier alpha value is -2.60. The number of phenols is 1. The molecule has 132 valence electrons. The predicted octanol–water partition coefficient (Wildman–Crippen LogP) is 2.75. The summed E-state index contributed by atoms with van der Waals surface area (Å²) in [6.45, 7) is 5.78. The van der Waals surface area contributed by atoms with Gasteiger partial charge in [-0.25, -0.2) is 5.43 Å². The van der Waals surface area contributed by atoms with E-state index in [4.69, 9.17) is 4.74 Å². The Morgan fingerprint density at radius 3 is 2.96 bits per heavy atom. The molecule has 1 aliphatic heterocycles. The number of ether oxygens (including phenoxy) is 1. The van der Waals surface area contributed by atoms with Crippen LogP contribution in [0.5, 0.6) is 5.75 Å². The minimum Gasteiger partial charge on any atom is -0.507 e. The highest BCUT2D eigenvalue weighted by Gasteiger charge is 2.18. The van der Waals surface area contributed by atoms with Crippen LogP contribution in [0.3, 0.4) is 0 Å². The van der Waals surface area contributed by atoms with Crippen molar-refractivity contribution in [3.8, 4) is 5.75 Å². The van der Waals surface area contributed by atoms with E-state index in [1.54, 1.807) is 24.4 Å². The normalized spacial score (nSPS) is 17.3. The van der Waals surface area contributed by atoms with Crippen molar-refractivity contribution in [3.05, 3.63) is 52.8 Å². The van der Waals surface area contributed by atoms with Gasteiger partial charge in [-0.05, 0) is 44.9 Å². The molecule has 1 amide bonds. The molecule has 0 saturated carbocycles. The van der Waals surface area contributed by atoms with Crippen molar-refractivity contribution in [2.24, 2.45) is 5.10 Å². The number of aryl methyl sites for hydroxylation is 1. The molecular formula is C19H23N3O3. The van der Waals surface area contributed by atoms with Crippen molar-refractivity contribution in [2.75, 3.05) is 6.61 Å². The molecule has 6 heteroatoms. The number of nitrogens with zero attached hydrogens (tertiary/aromatic N) is 2. The molecule has 0 bridgehead atoms. The predicted molar refractivity (Wildman–Crippen MR) is 96.0 cm³/mol. The average Bonchev–Trinajstić information content (AvgIpc) is 3.19. The largest absolute Gasteiger partial charge is 0.507 e. The second-order valence-electron chi connectivity index (χ2n) is 6.29. The van der Waals surface area contributed by atoms with E-state index < -0.39 is 5.91 Å². The lowest BCUT2D eigenvalue weighted by Crippen LogP contribution is -2.18. The maximum absolute atomic E-state index is 12.0. The van der Waals surface area contributed by atoms with E-state index in [0.717, 1.165) is 42.9 Å². The number of aromatic hydroxyl groups is 1. The summed E-state index contributed by atoms with van der Waals surface area (Å²) in [5.74, 6) is -0.507. The highest BCUT2D eigenvalue weighted by Crippen LogP contribution is 2.19. The van der Waals surface area contributed by atoms with Crippen LogP contribution in [0.15, 0.2) is 35.4 Å². The Balaban J connectivity index is 1.67. The fourth-order valence-electron chi connectivity index (χ4n) is 3.12. The fourth-order valence-corrected chi connectivity index (χ4v) is 3.12.